The van der Waals surface area contributed by atoms with Crippen LogP contribution in [0.1, 0.15) is 5.56 Å². The van der Waals surface area contributed by atoms with Crippen LogP contribution in [0.25, 0.3) is 0 Å². The van der Waals surface area contributed by atoms with E-state index in [1.54, 1.807) is 4.90 Å². The minimum Gasteiger partial charge on any atom is -0.457 e. The van der Waals surface area contributed by atoms with Gasteiger partial charge in [-0.25, -0.2) is 0 Å². The number of ether oxygens (including phenoxy) is 1. The van der Waals surface area contributed by atoms with Crippen LogP contribution in [0.2, 0.25) is 0 Å². The number of carbonyl (C=O) groups excluding carboxylic acids is 2. The fraction of sp³-hybridized carbons (Fsp3) is 0.222. The van der Waals surface area contributed by atoms with Gasteiger partial charge in [-0.3, -0.25) is 9.59 Å². The molecule has 2 aromatic carbocycles. The van der Waals surface area contributed by atoms with Crippen LogP contribution in [0.4, 0.5) is 4.79 Å². The predicted molar refractivity (Wildman–Crippen MR) is 94.2 cm³/mol. The lowest BCUT2D eigenvalue weighted by Crippen LogP contribution is -2.36. The van der Waals surface area contributed by atoms with E-state index in [9.17, 15) is 9.59 Å². The van der Waals surface area contributed by atoms with Crippen molar-refractivity contribution >= 4 is 22.9 Å². The maximum Gasteiger partial charge on any atom is 0.282 e. The maximum absolute atomic E-state index is 11.9. The lowest BCUT2D eigenvalue weighted by atomic mass is 10.2. The molecule has 3 rings (SSSR count). The number of hydrogen-bond acceptors (Lipinski definition) is 4. The quantitative estimate of drug-likeness (QED) is 0.875. The third-order valence-electron chi connectivity index (χ3n) is 3.55. The Morgan fingerprint density at radius 2 is 1.92 bits per heavy atom. The molecule has 0 saturated carbocycles. The molecular formula is C18H18N2O3S. The fourth-order valence-corrected chi connectivity index (χ4v) is 3.17. The molecule has 0 unspecified atom stereocenters. The minimum absolute atomic E-state index is 0.0246. The Morgan fingerprint density at radius 1 is 1.12 bits per heavy atom. The van der Waals surface area contributed by atoms with Gasteiger partial charge in [-0.1, -0.05) is 42.1 Å². The second kappa shape index (κ2) is 7.88. The summed E-state index contributed by atoms with van der Waals surface area (Å²) < 4.78 is 5.78. The predicted octanol–water partition coefficient (Wildman–Crippen LogP) is 3.26. The highest BCUT2D eigenvalue weighted by atomic mass is 32.2. The number of nitrogens with one attached hydrogen (secondary N) is 1. The number of thioether (sulfide) groups is 1. The van der Waals surface area contributed by atoms with Crippen LogP contribution in [0.5, 0.6) is 11.5 Å². The standard InChI is InChI=1S/C18H18N2O3S/c21-17(13-20-9-10-24-18(20)22)19-12-14-5-4-8-16(11-14)23-15-6-2-1-3-7-15/h1-8,11H,9-10,12-13H2,(H,19,21). The van der Waals surface area contributed by atoms with Gasteiger partial charge in [0.1, 0.15) is 18.0 Å². The van der Waals surface area contributed by atoms with Crippen LogP contribution in [-0.2, 0) is 11.3 Å². The van der Waals surface area contributed by atoms with Gasteiger partial charge in [0.2, 0.25) is 5.91 Å². The molecule has 1 saturated heterocycles. The highest BCUT2D eigenvalue weighted by molar-refractivity contribution is 8.13. The molecule has 124 valence electrons. The number of nitrogens with zero attached hydrogens (tertiary/aromatic N) is 1. The zero-order chi connectivity index (χ0) is 16.8. The first-order valence-corrected chi connectivity index (χ1v) is 8.69. The van der Waals surface area contributed by atoms with Crippen molar-refractivity contribution in [1.82, 2.24) is 10.2 Å². The summed E-state index contributed by atoms with van der Waals surface area (Å²) in [6, 6.07) is 17.1. The highest BCUT2D eigenvalue weighted by Gasteiger charge is 2.22. The van der Waals surface area contributed by atoms with Crippen molar-refractivity contribution < 1.29 is 14.3 Å². The Balaban J connectivity index is 1.53. The van der Waals surface area contributed by atoms with Crippen LogP contribution in [0.3, 0.4) is 0 Å². The highest BCUT2D eigenvalue weighted by Crippen LogP contribution is 2.21. The van der Waals surface area contributed by atoms with Crippen LogP contribution >= 0.6 is 11.8 Å². The van der Waals surface area contributed by atoms with Gasteiger partial charge in [0, 0.05) is 18.8 Å². The van der Waals surface area contributed by atoms with Gasteiger partial charge in [0.15, 0.2) is 0 Å². The Kier molecular flexibility index (Phi) is 5.38. The first kappa shape index (κ1) is 16.4. The number of rotatable bonds is 6. The van der Waals surface area contributed by atoms with E-state index in [0.29, 0.717) is 13.1 Å². The summed E-state index contributed by atoms with van der Waals surface area (Å²) in [5.74, 6) is 2.09. The van der Waals surface area contributed by atoms with Crippen molar-refractivity contribution in [2.75, 3.05) is 18.8 Å². The molecule has 6 heteroatoms. The van der Waals surface area contributed by atoms with Gasteiger partial charge in [-0.15, -0.1) is 0 Å². The maximum atomic E-state index is 11.9. The molecule has 0 atom stereocenters. The molecule has 0 bridgehead atoms. The average Bonchev–Trinajstić information content (AvgIpc) is 2.99. The lowest BCUT2D eigenvalue weighted by molar-refractivity contribution is -0.121. The summed E-state index contributed by atoms with van der Waals surface area (Å²) in [5, 5.41) is 2.82. The molecule has 0 radical (unpaired) electrons. The van der Waals surface area contributed by atoms with E-state index in [0.717, 1.165) is 22.8 Å². The normalized spacial score (nSPS) is 13.8. The largest absolute Gasteiger partial charge is 0.457 e. The Hall–Kier alpha value is -2.47. The summed E-state index contributed by atoms with van der Waals surface area (Å²) in [7, 11) is 0. The first-order chi connectivity index (χ1) is 11.7. The van der Waals surface area contributed by atoms with Crippen molar-refractivity contribution in [3.05, 3.63) is 60.2 Å². The SMILES string of the molecule is O=C(CN1CCSC1=O)NCc1cccc(Oc2ccccc2)c1. The summed E-state index contributed by atoms with van der Waals surface area (Å²) in [5.41, 5.74) is 0.943. The summed E-state index contributed by atoms with van der Waals surface area (Å²) >= 11 is 1.26. The van der Waals surface area contributed by atoms with E-state index in [2.05, 4.69) is 5.32 Å². The second-order valence-corrected chi connectivity index (χ2v) is 6.42. The second-order valence-electron chi connectivity index (χ2n) is 5.38. The van der Waals surface area contributed by atoms with Gasteiger partial charge >= 0.3 is 0 Å². The molecule has 1 fully saturated rings. The molecule has 2 aromatic rings. The summed E-state index contributed by atoms with van der Waals surface area (Å²) in [4.78, 5) is 25.0. The van der Waals surface area contributed by atoms with Crippen LogP contribution < -0.4 is 10.1 Å². The molecule has 2 amide bonds. The van der Waals surface area contributed by atoms with Crippen LogP contribution in [0, 0.1) is 0 Å². The minimum atomic E-state index is -0.153. The average molecular weight is 342 g/mol. The lowest BCUT2D eigenvalue weighted by Gasteiger charge is -2.14. The molecular weight excluding hydrogens is 324 g/mol. The summed E-state index contributed by atoms with van der Waals surface area (Å²) in [6.07, 6.45) is 0. The third-order valence-corrected chi connectivity index (χ3v) is 4.44. The van der Waals surface area contributed by atoms with E-state index < -0.39 is 0 Å². The molecule has 1 N–H and O–H groups in total. The Bertz CT molecular complexity index is 721. The Morgan fingerprint density at radius 3 is 2.67 bits per heavy atom. The van der Waals surface area contributed by atoms with E-state index in [1.165, 1.54) is 11.8 Å². The monoisotopic (exact) mass is 342 g/mol. The molecule has 1 aliphatic rings. The molecule has 0 aliphatic carbocycles. The number of hydrogen-bond donors (Lipinski definition) is 1. The van der Waals surface area contributed by atoms with Crippen molar-refractivity contribution in [3.63, 3.8) is 0 Å². The zero-order valence-electron chi connectivity index (χ0n) is 13.1. The van der Waals surface area contributed by atoms with E-state index in [1.807, 2.05) is 54.6 Å². The molecule has 1 heterocycles. The van der Waals surface area contributed by atoms with Crippen LogP contribution in [-0.4, -0.2) is 34.9 Å². The smallest absolute Gasteiger partial charge is 0.282 e. The Labute approximate surface area is 145 Å². The number of carbonyl (C=O) groups is 2. The summed E-state index contributed by atoms with van der Waals surface area (Å²) in [6.45, 7) is 1.16. The van der Waals surface area contributed by atoms with E-state index in [4.69, 9.17) is 4.74 Å². The molecule has 5 nitrogen and oxygen atoms in total. The van der Waals surface area contributed by atoms with Gasteiger partial charge in [0.25, 0.3) is 5.24 Å². The molecule has 1 aliphatic heterocycles. The zero-order valence-corrected chi connectivity index (χ0v) is 13.9. The van der Waals surface area contributed by atoms with Crippen LogP contribution in [0.15, 0.2) is 54.6 Å². The van der Waals surface area contributed by atoms with Crippen molar-refractivity contribution in [2.24, 2.45) is 0 Å². The molecule has 0 aromatic heterocycles. The number of para-hydroxylation sites is 1. The number of amides is 2. The van der Waals surface area contributed by atoms with Crippen molar-refractivity contribution in [3.8, 4) is 11.5 Å². The number of benzene rings is 2. The van der Waals surface area contributed by atoms with Gasteiger partial charge < -0.3 is 15.0 Å². The van der Waals surface area contributed by atoms with Crippen molar-refractivity contribution in [1.29, 1.82) is 0 Å². The first-order valence-electron chi connectivity index (χ1n) is 7.71. The van der Waals surface area contributed by atoms with Crippen molar-refractivity contribution in [2.45, 2.75) is 6.54 Å². The van der Waals surface area contributed by atoms with Gasteiger partial charge in [-0.2, -0.15) is 0 Å². The fourth-order valence-electron chi connectivity index (χ4n) is 2.34. The van der Waals surface area contributed by atoms with E-state index in [-0.39, 0.29) is 17.7 Å². The van der Waals surface area contributed by atoms with E-state index >= 15 is 0 Å². The topological polar surface area (TPSA) is 58.6 Å². The molecule has 24 heavy (non-hydrogen) atoms. The van der Waals surface area contributed by atoms with Gasteiger partial charge in [-0.05, 0) is 29.8 Å². The third kappa shape index (κ3) is 4.52. The van der Waals surface area contributed by atoms with Gasteiger partial charge in [0.05, 0.1) is 0 Å². The molecule has 0 spiro atoms.